The predicted octanol–water partition coefficient (Wildman–Crippen LogP) is 3.01. The maximum absolute atomic E-state index is 8.81. The van der Waals surface area contributed by atoms with Crippen LogP contribution in [0.1, 0.15) is 19.3 Å². The van der Waals surface area contributed by atoms with Gasteiger partial charge in [0.15, 0.2) is 0 Å². The summed E-state index contributed by atoms with van der Waals surface area (Å²) in [4.78, 5) is 14.3. The molecule has 3 aromatic rings. The number of aromatic nitrogens is 3. The minimum absolute atomic E-state index is 0.321. The van der Waals surface area contributed by atoms with Crippen LogP contribution in [0.3, 0.4) is 0 Å². The second-order valence-electron chi connectivity index (χ2n) is 6.32. The lowest BCUT2D eigenvalue weighted by molar-refractivity contribution is 0.221. The minimum atomic E-state index is 0.321. The van der Waals surface area contributed by atoms with Crippen LogP contribution in [0.25, 0.3) is 22.5 Å². The fourth-order valence-electron chi connectivity index (χ4n) is 3.47. The van der Waals surface area contributed by atoms with Crippen LogP contribution in [-0.2, 0) is 0 Å². The molecular formula is C18H20N6O. The summed E-state index contributed by atoms with van der Waals surface area (Å²) in [6.45, 7) is 2.82. The number of hydrogen-bond donors (Lipinski definition) is 2. The number of rotatable bonds is 5. The third-order valence-corrected chi connectivity index (χ3v) is 4.64. The maximum Gasteiger partial charge on any atom is 0.229 e. The van der Waals surface area contributed by atoms with Crippen molar-refractivity contribution in [2.45, 2.75) is 25.3 Å². The monoisotopic (exact) mass is 336 g/mol. The average Bonchev–Trinajstić information content (AvgIpc) is 3.32. The fraction of sp³-hybridized carbons (Fsp3) is 0.389. The van der Waals surface area contributed by atoms with Gasteiger partial charge in [0, 0.05) is 43.3 Å². The second kappa shape index (κ2) is 6.95. The highest BCUT2D eigenvalue weighted by molar-refractivity contribution is 5.97. The first-order chi connectivity index (χ1) is 12.3. The number of nitrogens with one attached hydrogen (secondary N) is 2. The van der Waals surface area contributed by atoms with E-state index < -0.39 is 0 Å². The Balaban J connectivity index is 1.63. The van der Waals surface area contributed by atoms with Crippen LogP contribution >= 0.6 is 0 Å². The Kier molecular flexibility index (Phi) is 4.36. The number of oxazole rings is 1. The number of pyridine rings is 1. The van der Waals surface area contributed by atoms with E-state index in [1.54, 1.807) is 18.7 Å². The molecule has 0 saturated carbocycles. The zero-order chi connectivity index (χ0) is 17.1. The van der Waals surface area contributed by atoms with Crippen LogP contribution in [0.15, 0.2) is 35.3 Å². The Morgan fingerprint density at radius 3 is 3.24 bits per heavy atom. The van der Waals surface area contributed by atoms with E-state index in [-0.39, 0.29) is 0 Å². The molecular weight excluding hydrogens is 316 g/mol. The van der Waals surface area contributed by atoms with Crippen molar-refractivity contribution in [1.82, 2.24) is 19.9 Å². The van der Waals surface area contributed by atoms with Crippen LogP contribution in [0.4, 0.5) is 5.69 Å². The number of likely N-dealkylation sites (tertiary alicyclic amines) is 1. The molecule has 0 aliphatic carbocycles. The molecule has 2 N–H and O–H groups in total. The van der Waals surface area contributed by atoms with Crippen LogP contribution in [0.5, 0.6) is 0 Å². The molecule has 1 saturated heterocycles. The zero-order valence-electron chi connectivity index (χ0n) is 13.9. The number of hydrogen-bond acceptors (Lipinski definition) is 6. The van der Waals surface area contributed by atoms with Crippen molar-refractivity contribution in [2.24, 2.45) is 0 Å². The van der Waals surface area contributed by atoms with Crippen LogP contribution in [0.2, 0.25) is 0 Å². The molecule has 1 aliphatic rings. The van der Waals surface area contributed by atoms with Gasteiger partial charge in [-0.25, -0.2) is 9.97 Å². The largest absolute Gasteiger partial charge is 0.444 e. The Bertz CT molecular complexity index is 879. The lowest BCUT2D eigenvalue weighted by atomic mass is 10.0. The molecule has 128 valence electrons. The molecule has 0 bridgehead atoms. The second-order valence-corrected chi connectivity index (χ2v) is 6.32. The van der Waals surface area contributed by atoms with E-state index in [2.05, 4.69) is 31.2 Å². The highest BCUT2D eigenvalue weighted by Gasteiger charge is 2.22. The minimum Gasteiger partial charge on any atom is -0.444 e. The Morgan fingerprint density at radius 2 is 2.40 bits per heavy atom. The quantitative estimate of drug-likeness (QED) is 0.744. The Labute approximate surface area is 145 Å². The topological polar surface area (TPSA) is 93.8 Å². The van der Waals surface area contributed by atoms with Gasteiger partial charge < -0.3 is 19.6 Å². The van der Waals surface area contributed by atoms with Crippen molar-refractivity contribution in [3.63, 3.8) is 0 Å². The van der Waals surface area contributed by atoms with Crippen LogP contribution < -0.4 is 5.32 Å². The lowest BCUT2D eigenvalue weighted by Crippen LogP contribution is -2.42. The molecule has 4 rings (SSSR count). The maximum atomic E-state index is 8.81. The molecule has 1 unspecified atom stereocenters. The number of fused-ring (bicyclic) bond motifs is 1. The number of nitriles is 1. The molecule has 1 atom stereocenters. The van der Waals surface area contributed by atoms with Gasteiger partial charge in [-0.3, -0.25) is 0 Å². The van der Waals surface area contributed by atoms with Crippen LogP contribution in [-0.4, -0.2) is 45.5 Å². The molecule has 1 fully saturated rings. The summed E-state index contributed by atoms with van der Waals surface area (Å²) in [6.07, 6.45) is 9.70. The highest BCUT2D eigenvalue weighted by Crippen LogP contribution is 2.33. The summed E-state index contributed by atoms with van der Waals surface area (Å²) in [7, 11) is 0. The van der Waals surface area contributed by atoms with Crippen molar-refractivity contribution in [3.05, 3.63) is 30.9 Å². The number of anilines is 1. The summed E-state index contributed by atoms with van der Waals surface area (Å²) in [5, 5.41) is 13.5. The van der Waals surface area contributed by atoms with Crippen molar-refractivity contribution in [3.8, 4) is 17.5 Å². The molecule has 7 heteroatoms. The van der Waals surface area contributed by atoms with Crippen molar-refractivity contribution < 1.29 is 4.42 Å². The normalized spacial score (nSPS) is 18.3. The number of piperidine rings is 1. The molecule has 7 nitrogen and oxygen atoms in total. The van der Waals surface area contributed by atoms with E-state index in [9.17, 15) is 0 Å². The van der Waals surface area contributed by atoms with Gasteiger partial charge in [-0.05, 0) is 25.5 Å². The van der Waals surface area contributed by atoms with Crippen molar-refractivity contribution >= 4 is 16.7 Å². The standard InChI is InChI=1S/C18H20N6O/c19-5-2-9-24-8-1-3-13(12-24)23-16-14-4-6-20-17(14)22-11-15(16)18-21-7-10-25-18/h4,6-7,10-11,13H,1-3,8-9,12H2,(H2,20,22,23). The molecule has 3 aromatic heterocycles. The van der Waals surface area contributed by atoms with E-state index in [1.807, 2.05) is 12.3 Å². The van der Waals surface area contributed by atoms with Gasteiger partial charge in [-0.1, -0.05) is 0 Å². The smallest absolute Gasteiger partial charge is 0.229 e. The van der Waals surface area contributed by atoms with Gasteiger partial charge in [0.05, 0.1) is 23.5 Å². The van der Waals surface area contributed by atoms with Gasteiger partial charge in [-0.15, -0.1) is 0 Å². The summed E-state index contributed by atoms with van der Waals surface area (Å²) < 4.78 is 5.50. The molecule has 25 heavy (non-hydrogen) atoms. The first-order valence-corrected chi connectivity index (χ1v) is 8.57. The Hall–Kier alpha value is -2.85. The number of aromatic amines is 1. The number of H-pyrrole nitrogens is 1. The summed E-state index contributed by atoms with van der Waals surface area (Å²) in [5.74, 6) is 0.565. The van der Waals surface area contributed by atoms with Gasteiger partial charge in [0.25, 0.3) is 0 Å². The van der Waals surface area contributed by atoms with E-state index in [0.717, 1.165) is 54.8 Å². The van der Waals surface area contributed by atoms with Gasteiger partial charge in [-0.2, -0.15) is 5.26 Å². The summed E-state index contributed by atoms with van der Waals surface area (Å²) in [6, 6.07) is 4.57. The van der Waals surface area contributed by atoms with Crippen molar-refractivity contribution in [2.75, 3.05) is 25.0 Å². The third kappa shape index (κ3) is 3.21. The predicted molar refractivity (Wildman–Crippen MR) is 94.9 cm³/mol. The summed E-state index contributed by atoms with van der Waals surface area (Å²) >= 11 is 0. The van der Waals surface area contributed by atoms with Crippen molar-refractivity contribution in [1.29, 1.82) is 5.26 Å². The van der Waals surface area contributed by atoms with Gasteiger partial charge in [0.1, 0.15) is 11.9 Å². The molecule has 1 aliphatic heterocycles. The average molecular weight is 336 g/mol. The summed E-state index contributed by atoms with van der Waals surface area (Å²) in [5.41, 5.74) is 2.71. The molecule has 0 amide bonds. The SMILES string of the molecule is N#CCCN1CCCC(Nc2c(-c3ncco3)cnc3[nH]ccc23)C1. The molecule has 0 radical (unpaired) electrons. The van der Waals surface area contributed by atoms with Crippen LogP contribution in [0, 0.1) is 11.3 Å². The third-order valence-electron chi connectivity index (χ3n) is 4.64. The van der Waals surface area contributed by atoms with E-state index in [1.165, 1.54) is 0 Å². The molecule has 0 aromatic carbocycles. The Morgan fingerprint density at radius 1 is 1.44 bits per heavy atom. The fourth-order valence-corrected chi connectivity index (χ4v) is 3.47. The first-order valence-electron chi connectivity index (χ1n) is 8.57. The molecule has 0 spiro atoms. The molecule has 4 heterocycles. The lowest BCUT2D eigenvalue weighted by Gasteiger charge is -2.33. The number of nitrogens with zero attached hydrogens (tertiary/aromatic N) is 4. The zero-order valence-corrected chi connectivity index (χ0v) is 13.9. The van der Waals surface area contributed by atoms with Gasteiger partial charge in [0.2, 0.25) is 5.89 Å². The van der Waals surface area contributed by atoms with Gasteiger partial charge >= 0.3 is 0 Å². The van der Waals surface area contributed by atoms with E-state index in [0.29, 0.717) is 18.4 Å². The van der Waals surface area contributed by atoms with E-state index in [4.69, 9.17) is 9.68 Å². The van der Waals surface area contributed by atoms with E-state index >= 15 is 0 Å². The highest BCUT2D eigenvalue weighted by atomic mass is 16.3. The first kappa shape index (κ1) is 15.7.